The van der Waals surface area contributed by atoms with Crippen molar-refractivity contribution in [1.29, 1.82) is 0 Å². The number of rotatable bonds is 7. The summed E-state index contributed by atoms with van der Waals surface area (Å²) < 4.78 is 0. The molecule has 0 aromatic heterocycles. The Labute approximate surface area is 183 Å². The van der Waals surface area contributed by atoms with E-state index in [4.69, 9.17) is 5.11 Å². The second kappa shape index (κ2) is 10.7. The monoisotopic (exact) mass is 385 g/mol. The van der Waals surface area contributed by atoms with E-state index in [1.165, 1.54) is 15.9 Å². The number of unbranched alkanes of at least 4 members (excludes halogenated alkanes) is 1. The van der Waals surface area contributed by atoms with Crippen LogP contribution < -0.4 is 45.5 Å². The fourth-order valence-corrected chi connectivity index (χ4v) is 7.32. The van der Waals surface area contributed by atoms with Crippen molar-refractivity contribution in [2.24, 2.45) is 0 Å². The summed E-state index contributed by atoms with van der Waals surface area (Å²) >= 11 is 0. The van der Waals surface area contributed by atoms with Crippen molar-refractivity contribution in [3.05, 3.63) is 91.0 Å². The van der Waals surface area contributed by atoms with Gasteiger partial charge in [-0.05, 0) is 35.6 Å². The zero-order chi connectivity index (χ0) is 18.2. The minimum absolute atomic E-state index is 0. The fraction of sp³-hybridized carbons (Fsp3) is 0.130. The molecule has 27 heavy (non-hydrogen) atoms. The van der Waals surface area contributed by atoms with Crippen LogP contribution in [-0.4, -0.2) is 16.9 Å². The van der Waals surface area contributed by atoms with Gasteiger partial charge in [0.1, 0.15) is 0 Å². The van der Waals surface area contributed by atoms with E-state index in [0.29, 0.717) is 6.42 Å². The summed E-state index contributed by atoms with van der Waals surface area (Å²) in [6, 6.07) is 31.8. The normalized spacial score (nSPS) is 10.7. The van der Waals surface area contributed by atoms with Crippen LogP contribution >= 0.6 is 6.89 Å². The smallest absolute Gasteiger partial charge is 0.481 e. The Bertz CT molecular complexity index is 790. The second-order valence-electron chi connectivity index (χ2n) is 6.20. The summed E-state index contributed by atoms with van der Waals surface area (Å²) in [7, 11) is 0. The van der Waals surface area contributed by atoms with E-state index in [9.17, 15) is 4.79 Å². The average Bonchev–Trinajstić information content (AvgIpc) is 2.70. The molecular formula is C23H23NaO2P+. The van der Waals surface area contributed by atoms with E-state index in [0.717, 1.165) is 6.42 Å². The Hall–Kier alpha value is -1.57. The summed E-state index contributed by atoms with van der Waals surface area (Å²) in [4.78, 5) is 10.9. The van der Waals surface area contributed by atoms with E-state index in [2.05, 4.69) is 78.6 Å². The molecule has 0 heterocycles. The zero-order valence-corrected chi connectivity index (χ0v) is 18.6. The molecule has 0 saturated heterocycles. The Morgan fingerprint density at radius 3 is 1.44 bits per heavy atom. The Balaban J connectivity index is 0.00000261. The van der Waals surface area contributed by atoms with Crippen molar-refractivity contribution >= 4 is 34.6 Å². The first-order valence-corrected chi connectivity index (χ1v) is 10.7. The number of carboxylic acids is 1. The van der Waals surface area contributed by atoms with Gasteiger partial charge in [-0.3, -0.25) is 4.79 Å². The molecule has 0 aliphatic carbocycles. The number of carbonyl (C=O) groups is 1. The van der Waals surface area contributed by atoms with Crippen LogP contribution in [-0.2, 0) is 4.79 Å². The fourth-order valence-electron chi connectivity index (χ4n) is 3.29. The zero-order valence-electron chi connectivity index (χ0n) is 15.7. The van der Waals surface area contributed by atoms with Gasteiger partial charge in [-0.2, -0.15) is 0 Å². The maximum absolute atomic E-state index is 10.9. The van der Waals surface area contributed by atoms with Gasteiger partial charge in [-0.15, -0.1) is 0 Å². The average molecular weight is 385 g/mol. The second-order valence-corrected chi connectivity index (χ2v) is 9.56. The van der Waals surface area contributed by atoms with Gasteiger partial charge < -0.3 is 5.11 Å². The largest absolute Gasteiger partial charge is 1.00 e. The van der Waals surface area contributed by atoms with E-state index in [1.54, 1.807) is 0 Å². The summed E-state index contributed by atoms with van der Waals surface area (Å²) in [6.45, 7) is -1.93. The quantitative estimate of drug-likeness (QED) is 0.375. The van der Waals surface area contributed by atoms with E-state index < -0.39 is 12.9 Å². The van der Waals surface area contributed by atoms with Gasteiger partial charge in [0.15, 0.2) is 0 Å². The third-order valence-corrected chi connectivity index (χ3v) is 8.63. The first kappa shape index (κ1) is 21.7. The predicted molar refractivity (Wildman–Crippen MR) is 113 cm³/mol. The molecule has 0 atom stereocenters. The minimum atomic E-state index is -1.93. The summed E-state index contributed by atoms with van der Waals surface area (Å²) in [6.07, 6.45) is 1.64. The van der Waals surface area contributed by atoms with E-state index in [-0.39, 0.29) is 36.0 Å². The van der Waals surface area contributed by atoms with Crippen molar-refractivity contribution < 1.29 is 39.5 Å². The molecule has 0 spiro atoms. The third-order valence-electron chi connectivity index (χ3n) is 4.49. The molecule has 4 heteroatoms. The molecule has 0 aliphatic heterocycles. The molecule has 0 amide bonds. The Kier molecular flexibility index (Phi) is 8.60. The topological polar surface area (TPSA) is 37.3 Å². The van der Waals surface area contributed by atoms with Crippen molar-refractivity contribution in [2.45, 2.75) is 19.3 Å². The van der Waals surface area contributed by atoms with Crippen LogP contribution in [0.1, 0.15) is 19.3 Å². The summed E-state index contributed by atoms with van der Waals surface area (Å²) in [5.74, 6) is 1.65. The molecule has 0 aliphatic rings. The van der Waals surface area contributed by atoms with Gasteiger partial charge in [0, 0.05) is 6.42 Å². The molecule has 0 unspecified atom stereocenters. The van der Waals surface area contributed by atoms with Crippen molar-refractivity contribution in [3.8, 4) is 0 Å². The SMILES string of the molecule is O=C(O)CCCC=P(c1ccccc1)(c1ccccc1)c1ccccc1.[Na+]. The van der Waals surface area contributed by atoms with Gasteiger partial charge in [-0.25, -0.2) is 0 Å². The third kappa shape index (κ3) is 5.24. The minimum Gasteiger partial charge on any atom is -0.481 e. The molecule has 3 rings (SSSR count). The van der Waals surface area contributed by atoms with Crippen LogP contribution in [0.2, 0.25) is 0 Å². The molecule has 3 aromatic carbocycles. The van der Waals surface area contributed by atoms with Gasteiger partial charge >= 0.3 is 35.5 Å². The number of benzene rings is 3. The maximum atomic E-state index is 10.9. The van der Waals surface area contributed by atoms with Crippen LogP contribution in [0.4, 0.5) is 0 Å². The number of aliphatic carboxylic acids is 1. The van der Waals surface area contributed by atoms with Crippen LogP contribution in [0.25, 0.3) is 0 Å². The van der Waals surface area contributed by atoms with Gasteiger partial charge in [0.25, 0.3) is 0 Å². The molecule has 132 valence electrons. The number of hydrogen-bond acceptors (Lipinski definition) is 1. The number of hydrogen-bond donors (Lipinski definition) is 1. The first-order valence-electron chi connectivity index (χ1n) is 8.85. The molecule has 0 radical (unpaired) electrons. The van der Waals surface area contributed by atoms with E-state index >= 15 is 0 Å². The predicted octanol–water partition coefficient (Wildman–Crippen LogP) is 1.04. The van der Waals surface area contributed by atoms with Gasteiger partial charge in [0.2, 0.25) is 0 Å². The van der Waals surface area contributed by atoms with Crippen LogP contribution in [0.3, 0.4) is 0 Å². The molecule has 0 bridgehead atoms. The molecule has 0 saturated carbocycles. The molecular weight excluding hydrogens is 362 g/mol. The summed E-state index contributed by atoms with van der Waals surface area (Å²) in [5, 5.41) is 12.9. The Morgan fingerprint density at radius 2 is 1.11 bits per heavy atom. The molecule has 0 fully saturated rings. The first-order chi connectivity index (χ1) is 12.7. The van der Waals surface area contributed by atoms with Crippen LogP contribution in [0.5, 0.6) is 0 Å². The number of carboxylic acid groups (broad SMARTS) is 1. The molecule has 2 nitrogen and oxygen atoms in total. The van der Waals surface area contributed by atoms with Gasteiger partial charge in [-0.1, -0.05) is 96.8 Å². The van der Waals surface area contributed by atoms with Crippen LogP contribution in [0.15, 0.2) is 91.0 Å². The standard InChI is InChI=1S/C23H23O2P.Na/c24-23(25)18-10-11-19-26(20-12-4-1-5-13-20,21-14-6-2-7-15-21)22-16-8-3-9-17-22;/h1-9,12-17,19H,10-11,18H2,(H,24,25);/q;+1. The molecule has 3 aromatic rings. The maximum Gasteiger partial charge on any atom is 1.00 e. The van der Waals surface area contributed by atoms with Crippen molar-refractivity contribution in [3.63, 3.8) is 0 Å². The van der Waals surface area contributed by atoms with E-state index in [1.807, 2.05) is 18.2 Å². The van der Waals surface area contributed by atoms with Crippen LogP contribution in [0, 0.1) is 0 Å². The van der Waals surface area contributed by atoms with Gasteiger partial charge in [0.05, 0.1) is 0 Å². The molecule has 1 N–H and O–H groups in total. The van der Waals surface area contributed by atoms with Crippen molar-refractivity contribution in [2.75, 3.05) is 0 Å². The summed E-state index contributed by atoms with van der Waals surface area (Å²) in [5.41, 5.74) is 0. The van der Waals surface area contributed by atoms with Crippen molar-refractivity contribution in [1.82, 2.24) is 0 Å². The Morgan fingerprint density at radius 1 is 0.741 bits per heavy atom.